The van der Waals surface area contributed by atoms with Crippen LogP contribution in [0.1, 0.15) is 59.3 Å². The van der Waals surface area contributed by atoms with Gasteiger partial charge in [0.1, 0.15) is 31.5 Å². The van der Waals surface area contributed by atoms with Gasteiger partial charge in [-0.1, -0.05) is 19.9 Å². The fourth-order valence-electron chi connectivity index (χ4n) is 9.23. The van der Waals surface area contributed by atoms with Crippen molar-refractivity contribution in [2.24, 2.45) is 34.3 Å². The first kappa shape index (κ1) is 46.2. The lowest BCUT2D eigenvalue weighted by Crippen LogP contribution is -2.71. The second kappa shape index (κ2) is 18.2. The van der Waals surface area contributed by atoms with E-state index >= 15 is 8.78 Å². The Bertz CT molecular complexity index is 1590. The molecule has 0 saturated heterocycles. The number of halogens is 2. The smallest absolute Gasteiger partial charge is 0.323 e. The first-order chi connectivity index (χ1) is 26.5. The second-order valence-electron chi connectivity index (χ2n) is 14.9. The summed E-state index contributed by atoms with van der Waals surface area (Å²) in [5, 5.41) is 62.3. The fraction of sp³-hybridized carbons (Fsp3) is 0.727. The Morgan fingerprint density at radius 3 is 2.26 bits per heavy atom. The number of esters is 3. The van der Waals surface area contributed by atoms with E-state index in [1.165, 1.54) is 26.8 Å². The van der Waals surface area contributed by atoms with Gasteiger partial charge >= 0.3 is 17.9 Å². The average Bonchev–Trinajstić information content (AvgIpc) is 3.33. The predicted octanol–water partition coefficient (Wildman–Crippen LogP) is 0.391. The van der Waals surface area contributed by atoms with Crippen molar-refractivity contribution < 1.29 is 97.8 Å². The molecule has 6 unspecified atom stereocenters. The molecule has 0 radical (unpaired) electrons. The normalized spacial score (nSPS) is 34.3. The average molecular weight is 827 g/mol. The van der Waals surface area contributed by atoms with E-state index in [1.54, 1.807) is 0 Å². The molecule has 24 heteroatoms. The molecule has 4 rings (SSSR count). The molecule has 4 aliphatic rings. The highest BCUT2D eigenvalue weighted by Gasteiger charge is 2.78. The quantitative estimate of drug-likeness (QED) is 0.0378. The minimum Gasteiger partial charge on any atom is -0.462 e. The molecule has 0 amide bonds. The molecular formula is C33H48F2N4O18. The number of aliphatic hydroxyl groups is 1. The highest BCUT2D eigenvalue weighted by Crippen LogP contribution is 2.71. The van der Waals surface area contributed by atoms with E-state index in [1.807, 2.05) is 0 Å². The van der Waals surface area contributed by atoms with E-state index in [9.17, 15) is 29.1 Å². The Kier molecular flexibility index (Phi) is 14.8. The highest BCUT2D eigenvalue weighted by atomic mass is 19.1. The van der Waals surface area contributed by atoms with Gasteiger partial charge in [-0.05, 0) is 56.3 Å². The molecule has 0 heterocycles. The molecular weight excluding hydrogens is 778 g/mol. The third kappa shape index (κ3) is 9.23. The Labute approximate surface area is 323 Å². The maximum Gasteiger partial charge on any atom is 0.323 e. The van der Waals surface area contributed by atoms with E-state index in [2.05, 4.69) is 14.5 Å². The van der Waals surface area contributed by atoms with E-state index < -0.39 is 155 Å². The number of Topliss-reactive ketones (excluding diaryl/α,β-unsaturated/α-hetero) is 1. The zero-order valence-corrected chi connectivity index (χ0v) is 31.1. The Morgan fingerprint density at radius 1 is 0.965 bits per heavy atom. The number of aliphatic hydroxyl groups excluding tert-OH is 1. The van der Waals surface area contributed by atoms with Crippen LogP contribution >= 0.6 is 0 Å². The van der Waals surface area contributed by atoms with Gasteiger partial charge in [0.15, 0.2) is 23.7 Å². The number of allylic oxidation sites excluding steroid dienone is 4. The number of ketones is 2. The van der Waals surface area contributed by atoms with Crippen LogP contribution in [0.15, 0.2) is 23.8 Å². The monoisotopic (exact) mass is 826 g/mol. The third-order valence-corrected chi connectivity index (χ3v) is 11.7. The maximum absolute atomic E-state index is 17.8. The summed E-state index contributed by atoms with van der Waals surface area (Å²) in [4.78, 5) is 78.5. The summed E-state index contributed by atoms with van der Waals surface area (Å²) in [7, 11) is 0. The summed E-state index contributed by atoms with van der Waals surface area (Å²) in [6.07, 6.45) is -4.31. The Hall–Kier alpha value is -3.47. The van der Waals surface area contributed by atoms with Crippen LogP contribution in [0.25, 0.3) is 0 Å². The number of alkyl halides is 2. The maximum atomic E-state index is 17.8. The van der Waals surface area contributed by atoms with Crippen LogP contribution in [0.5, 0.6) is 0 Å². The summed E-state index contributed by atoms with van der Waals surface area (Å²) >= 11 is 0. The van der Waals surface area contributed by atoms with Crippen molar-refractivity contribution in [3.63, 3.8) is 0 Å². The molecule has 9 N–H and O–H groups in total. The Morgan fingerprint density at radius 2 is 1.63 bits per heavy atom. The topological polar surface area (TPSA) is 318 Å². The molecule has 0 aromatic rings. The molecule has 3 fully saturated rings. The number of hydrogen-bond donors (Lipinski definition) is 8. The minimum absolute atomic E-state index is 0.0183. The number of carbonyl (C=O) groups excluding carboxylic acids is 5. The molecule has 11 atom stereocenters. The molecule has 57 heavy (non-hydrogen) atoms. The van der Waals surface area contributed by atoms with Gasteiger partial charge in [0, 0.05) is 29.1 Å². The molecule has 0 aliphatic heterocycles. The van der Waals surface area contributed by atoms with Crippen LogP contribution < -0.4 is 5.73 Å². The number of fused-ring (bicyclic) bond motifs is 5. The molecule has 0 bridgehead atoms. The predicted molar refractivity (Wildman–Crippen MR) is 174 cm³/mol. The van der Waals surface area contributed by atoms with Gasteiger partial charge in [-0.2, -0.15) is 0 Å². The molecule has 3 saturated carbocycles. The Balaban J connectivity index is 1.56. The molecule has 0 aromatic carbocycles. The van der Waals surface area contributed by atoms with Crippen LogP contribution in [0.2, 0.25) is 0 Å². The van der Waals surface area contributed by atoms with Crippen LogP contribution in [0, 0.1) is 28.6 Å². The SMILES string of the molecule is C[C@@H]1CC2C3C[C@H](F)C4=CC(=O)C=C[C@]4(C)[C@@]3(F)C(O)CC2(C)[C@@]1(OC(=O)CCCON(O)O)C(=O)COC(=O)CC(N)C(=O)OCC(CON(O)O)ON(O)O. The highest BCUT2D eigenvalue weighted by molar-refractivity contribution is 6.01. The minimum atomic E-state index is -2.53. The zero-order valence-electron chi connectivity index (χ0n) is 31.1. The molecule has 0 spiro atoms. The zero-order chi connectivity index (χ0) is 42.7. The van der Waals surface area contributed by atoms with Gasteiger partial charge < -0.3 is 25.1 Å². The summed E-state index contributed by atoms with van der Waals surface area (Å²) in [5.74, 6) is -8.13. The van der Waals surface area contributed by atoms with Gasteiger partial charge in [0.25, 0.3) is 0 Å². The molecule has 322 valence electrons. The third-order valence-electron chi connectivity index (χ3n) is 11.7. The van der Waals surface area contributed by atoms with Crippen LogP contribution in [0.3, 0.4) is 0 Å². The van der Waals surface area contributed by atoms with Crippen molar-refractivity contribution in [2.75, 3.05) is 26.4 Å². The van der Waals surface area contributed by atoms with Gasteiger partial charge in [-0.15, -0.1) is 0 Å². The molecule has 0 aromatic heterocycles. The second-order valence-corrected chi connectivity index (χ2v) is 14.9. The van der Waals surface area contributed by atoms with E-state index in [0.29, 0.717) is 0 Å². The van der Waals surface area contributed by atoms with Crippen LogP contribution in [-0.4, -0.2) is 144 Å². The van der Waals surface area contributed by atoms with Crippen molar-refractivity contribution in [1.29, 1.82) is 0 Å². The molecule has 22 nitrogen and oxygen atoms in total. The number of rotatable bonds is 19. The van der Waals surface area contributed by atoms with E-state index in [4.69, 9.17) is 51.2 Å². The van der Waals surface area contributed by atoms with Gasteiger partial charge in [0.05, 0.1) is 35.3 Å². The first-order valence-corrected chi connectivity index (χ1v) is 17.8. The number of nitrogens with zero attached hydrogens (tertiary/aromatic N) is 3. The number of nitrogens with two attached hydrogens (primary N) is 1. The van der Waals surface area contributed by atoms with E-state index in [-0.39, 0.29) is 25.0 Å². The summed E-state index contributed by atoms with van der Waals surface area (Å²) in [6.45, 7) is 1.35. The van der Waals surface area contributed by atoms with Gasteiger partial charge in [-0.25, -0.2) is 18.5 Å². The van der Waals surface area contributed by atoms with Gasteiger partial charge in [0.2, 0.25) is 5.78 Å². The lowest BCUT2D eigenvalue weighted by Gasteiger charge is -2.63. The number of ether oxygens (including phenoxy) is 3. The van der Waals surface area contributed by atoms with Crippen molar-refractivity contribution in [3.8, 4) is 0 Å². The van der Waals surface area contributed by atoms with Gasteiger partial charge in [-0.3, -0.25) is 60.1 Å². The lowest BCUT2D eigenvalue weighted by molar-refractivity contribution is -0.527. The van der Waals surface area contributed by atoms with Crippen molar-refractivity contribution >= 4 is 29.5 Å². The summed E-state index contributed by atoms with van der Waals surface area (Å²) < 4.78 is 49.8. The summed E-state index contributed by atoms with van der Waals surface area (Å²) in [5.41, 5.74) is -2.48. The fourth-order valence-corrected chi connectivity index (χ4v) is 9.23. The van der Waals surface area contributed by atoms with Crippen molar-refractivity contribution in [1.82, 2.24) is 16.2 Å². The van der Waals surface area contributed by atoms with Crippen LogP contribution in [-0.2, 0) is 52.7 Å². The van der Waals surface area contributed by atoms with Crippen molar-refractivity contribution in [2.45, 2.75) is 95.0 Å². The number of carbonyl (C=O) groups is 5. The number of hydrogen-bond acceptors (Lipinski definition) is 22. The van der Waals surface area contributed by atoms with E-state index in [0.717, 1.165) is 12.2 Å². The standard InChI is InChI=1S/C33H48F2N4O18/c1-17-9-20-21-11-23(34)22-10-18(40)6-7-30(22,2)32(21,35)25(41)13-31(20,3)33(17,56-27(43)5-4-8-54-37(46)47)26(42)16-52-28(44)12-24(36)29(45)53-14-19(57-39(50)51)15-55-38(48)49/h6-7,10,17,19-21,23-25,41,46-51H,4-5,8-9,11-16,36H2,1-3H3/t17-,19?,20?,21?,23+,24?,25?,30+,31?,32+,33+/m1/s1. The molecule has 4 aliphatic carbocycles. The first-order valence-electron chi connectivity index (χ1n) is 17.8. The largest absolute Gasteiger partial charge is 0.462 e. The summed E-state index contributed by atoms with van der Waals surface area (Å²) in [6, 6.07) is -1.73. The van der Waals surface area contributed by atoms with Crippen molar-refractivity contribution in [3.05, 3.63) is 23.8 Å². The van der Waals surface area contributed by atoms with Crippen LogP contribution in [0.4, 0.5) is 8.78 Å². The lowest BCUT2D eigenvalue weighted by atomic mass is 9.44.